The molecule has 0 amide bonds. The second-order valence-corrected chi connectivity index (χ2v) is 3.55. The number of nitrogens with zero attached hydrogens (tertiary/aromatic N) is 2. The van der Waals surface area contributed by atoms with Crippen LogP contribution in [0.4, 0.5) is 0 Å². The van der Waals surface area contributed by atoms with Crippen LogP contribution in [0.25, 0.3) is 0 Å². The maximum atomic E-state index is 5.44. The largest absolute Gasteiger partial charge is 0.336 e. The Morgan fingerprint density at radius 2 is 2.46 bits per heavy atom. The first-order valence-electron chi connectivity index (χ1n) is 4.82. The molecule has 1 saturated carbocycles. The minimum absolute atomic E-state index is 0.672. The van der Waals surface area contributed by atoms with Gasteiger partial charge in [0.2, 0.25) is 0 Å². The maximum Gasteiger partial charge on any atom is 0.0950 e. The van der Waals surface area contributed by atoms with Crippen molar-refractivity contribution in [1.82, 2.24) is 14.9 Å². The van der Waals surface area contributed by atoms with Crippen LogP contribution in [0, 0.1) is 0 Å². The predicted octanol–water partition coefficient (Wildman–Crippen LogP) is 0.0938. The number of imidazole rings is 1. The quantitative estimate of drug-likeness (QED) is 0.675. The van der Waals surface area contributed by atoms with Crippen LogP contribution in [0.15, 0.2) is 12.5 Å². The van der Waals surface area contributed by atoms with E-state index >= 15 is 0 Å². The fourth-order valence-electron chi connectivity index (χ4n) is 1.31. The first-order valence-corrected chi connectivity index (χ1v) is 4.82. The summed E-state index contributed by atoms with van der Waals surface area (Å²) >= 11 is 0. The molecule has 4 nitrogen and oxygen atoms in total. The Morgan fingerprint density at radius 3 is 3.15 bits per heavy atom. The van der Waals surface area contributed by atoms with Crippen molar-refractivity contribution >= 4 is 0 Å². The lowest BCUT2D eigenvalue weighted by Gasteiger charge is -1.98. The molecule has 1 aromatic heterocycles. The first-order chi connectivity index (χ1) is 6.38. The van der Waals surface area contributed by atoms with Gasteiger partial charge in [-0.3, -0.25) is 0 Å². The van der Waals surface area contributed by atoms with Crippen LogP contribution >= 0.6 is 0 Å². The number of aromatic nitrogens is 2. The molecule has 1 fully saturated rings. The van der Waals surface area contributed by atoms with Crippen LogP contribution in [0.5, 0.6) is 0 Å². The predicted molar refractivity (Wildman–Crippen MR) is 51.1 cm³/mol. The van der Waals surface area contributed by atoms with Gasteiger partial charge in [0, 0.05) is 31.9 Å². The van der Waals surface area contributed by atoms with E-state index in [4.69, 9.17) is 5.73 Å². The summed E-state index contributed by atoms with van der Waals surface area (Å²) < 4.78 is 2.03. The van der Waals surface area contributed by atoms with Crippen molar-refractivity contribution in [2.75, 3.05) is 6.54 Å². The summed E-state index contributed by atoms with van der Waals surface area (Å²) in [6.07, 6.45) is 6.55. The van der Waals surface area contributed by atoms with E-state index in [-0.39, 0.29) is 0 Å². The van der Waals surface area contributed by atoms with Crippen molar-refractivity contribution < 1.29 is 0 Å². The molecule has 0 aromatic carbocycles. The lowest BCUT2D eigenvalue weighted by molar-refractivity contribution is 0.673. The average Bonchev–Trinajstić information content (AvgIpc) is 2.85. The molecule has 0 radical (unpaired) electrons. The Bertz CT molecular complexity index is 264. The van der Waals surface area contributed by atoms with Crippen LogP contribution < -0.4 is 11.1 Å². The van der Waals surface area contributed by atoms with Gasteiger partial charge in [0.1, 0.15) is 0 Å². The van der Waals surface area contributed by atoms with Gasteiger partial charge in [0.15, 0.2) is 0 Å². The zero-order valence-corrected chi connectivity index (χ0v) is 7.74. The Morgan fingerprint density at radius 1 is 1.62 bits per heavy atom. The van der Waals surface area contributed by atoms with Crippen LogP contribution in [0.1, 0.15) is 18.5 Å². The smallest absolute Gasteiger partial charge is 0.0950 e. The fourth-order valence-corrected chi connectivity index (χ4v) is 1.31. The molecule has 72 valence electrons. The highest BCUT2D eigenvalue weighted by atomic mass is 15.1. The molecule has 0 saturated heterocycles. The first kappa shape index (κ1) is 8.72. The minimum Gasteiger partial charge on any atom is -0.336 e. The number of rotatable bonds is 5. The Labute approximate surface area is 78.1 Å². The van der Waals surface area contributed by atoms with Gasteiger partial charge in [0.05, 0.1) is 12.0 Å². The molecule has 1 aliphatic carbocycles. The zero-order valence-electron chi connectivity index (χ0n) is 7.74. The van der Waals surface area contributed by atoms with E-state index in [0.29, 0.717) is 6.54 Å². The van der Waals surface area contributed by atoms with Gasteiger partial charge in [-0.15, -0.1) is 0 Å². The van der Waals surface area contributed by atoms with Gasteiger partial charge in [-0.25, -0.2) is 4.98 Å². The normalized spacial score (nSPS) is 16.4. The van der Waals surface area contributed by atoms with Crippen molar-refractivity contribution in [3.63, 3.8) is 0 Å². The molecule has 3 N–H and O–H groups in total. The molecule has 1 aliphatic rings. The molecule has 0 spiro atoms. The second kappa shape index (κ2) is 3.89. The van der Waals surface area contributed by atoms with E-state index in [1.807, 2.05) is 10.9 Å². The van der Waals surface area contributed by atoms with Crippen molar-refractivity contribution in [2.45, 2.75) is 32.0 Å². The lowest BCUT2D eigenvalue weighted by atomic mass is 10.4. The highest BCUT2D eigenvalue weighted by Crippen LogP contribution is 2.18. The van der Waals surface area contributed by atoms with Gasteiger partial charge in [-0.1, -0.05) is 0 Å². The Balaban J connectivity index is 1.81. The third-order valence-electron chi connectivity index (χ3n) is 2.22. The summed E-state index contributed by atoms with van der Waals surface area (Å²) in [6, 6.07) is 0.750. The SMILES string of the molecule is NCCn1cnc(CNC2CC2)c1. The molecular formula is C9H16N4. The average molecular weight is 180 g/mol. The lowest BCUT2D eigenvalue weighted by Crippen LogP contribution is -2.15. The highest BCUT2D eigenvalue weighted by molar-refractivity contribution is 4.97. The summed E-state index contributed by atoms with van der Waals surface area (Å²) in [7, 11) is 0. The van der Waals surface area contributed by atoms with E-state index in [1.54, 1.807) is 0 Å². The van der Waals surface area contributed by atoms with Crippen molar-refractivity contribution in [3.05, 3.63) is 18.2 Å². The molecule has 2 rings (SSSR count). The molecule has 4 heteroatoms. The molecule has 13 heavy (non-hydrogen) atoms. The van der Waals surface area contributed by atoms with Crippen LogP contribution in [0.3, 0.4) is 0 Å². The topological polar surface area (TPSA) is 55.9 Å². The molecule has 0 atom stereocenters. The van der Waals surface area contributed by atoms with Crippen LogP contribution in [-0.2, 0) is 13.1 Å². The highest BCUT2D eigenvalue weighted by Gasteiger charge is 2.20. The molecule has 0 unspecified atom stereocenters. The van der Waals surface area contributed by atoms with Crippen molar-refractivity contribution in [1.29, 1.82) is 0 Å². The van der Waals surface area contributed by atoms with Gasteiger partial charge in [0.25, 0.3) is 0 Å². The molecule has 1 aromatic rings. The van der Waals surface area contributed by atoms with Gasteiger partial charge < -0.3 is 15.6 Å². The number of nitrogens with one attached hydrogen (secondary N) is 1. The van der Waals surface area contributed by atoms with E-state index in [1.165, 1.54) is 12.8 Å². The van der Waals surface area contributed by atoms with Crippen LogP contribution in [-0.4, -0.2) is 22.1 Å². The third-order valence-corrected chi connectivity index (χ3v) is 2.22. The zero-order chi connectivity index (χ0) is 9.10. The molecular weight excluding hydrogens is 164 g/mol. The van der Waals surface area contributed by atoms with Crippen LogP contribution in [0.2, 0.25) is 0 Å². The van der Waals surface area contributed by atoms with E-state index in [9.17, 15) is 0 Å². The van der Waals surface area contributed by atoms with Gasteiger partial charge in [-0.2, -0.15) is 0 Å². The standard InChI is InChI=1S/C9H16N4/c10-3-4-13-6-9(12-7-13)5-11-8-1-2-8/h6-8,11H,1-5,10H2. The summed E-state index contributed by atoms with van der Waals surface area (Å²) in [5.74, 6) is 0. The Hall–Kier alpha value is -0.870. The summed E-state index contributed by atoms with van der Waals surface area (Å²) in [6.45, 7) is 2.42. The summed E-state index contributed by atoms with van der Waals surface area (Å²) in [5, 5.41) is 3.42. The maximum absolute atomic E-state index is 5.44. The summed E-state index contributed by atoms with van der Waals surface area (Å²) in [5.41, 5.74) is 6.55. The summed E-state index contributed by atoms with van der Waals surface area (Å²) in [4.78, 5) is 4.28. The monoisotopic (exact) mass is 180 g/mol. The second-order valence-electron chi connectivity index (χ2n) is 3.55. The minimum atomic E-state index is 0.672. The van der Waals surface area contributed by atoms with Crippen molar-refractivity contribution in [3.8, 4) is 0 Å². The number of hydrogen-bond donors (Lipinski definition) is 2. The number of hydrogen-bond acceptors (Lipinski definition) is 3. The molecule has 0 bridgehead atoms. The fraction of sp³-hybridized carbons (Fsp3) is 0.667. The molecule has 0 aliphatic heterocycles. The van der Waals surface area contributed by atoms with Crippen molar-refractivity contribution in [2.24, 2.45) is 5.73 Å². The van der Waals surface area contributed by atoms with E-state index < -0.39 is 0 Å². The third kappa shape index (κ3) is 2.54. The number of nitrogens with two attached hydrogens (primary N) is 1. The van der Waals surface area contributed by atoms with E-state index in [2.05, 4.69) is 16.5 Å². The van der Waals surface area contributed by atoms with Gasteiger partial charge >= 0.3 is 0 Å². The van der Waals surface area contributed by atoms with Gasteiger partial charge in [-0.05, 0) is 12.8 Å². The Kier molecular flexibility index (Phi) is 2.61. The van der Waals surface area contributed by atoms with E-state index in [0.717, 1.165) is 24.8 Å². The molecule has 1 heterocycles.